The van der Waals surface area contributed by atoms with Gasteiger partial charge in [0.25, 0.3) is 0 Å². The molecule has 3 atom stereocenters. The number of hydrogen-bond donors (Lipinski definition) is 2. The Bertz CT molecular complexity index is 962. The van der Waals surface area contributed by atoms with E-state index >= 15 is 0 Å². The minimum Gasteiger partial charge on any atom is -0.350 e. The highest BCUT2D eigenvalue weighted by Gasteiger charge is 2.33. The van der Waals surface area contributed by atoms with E-state index < -0.39 is 0 Å². The van der Waals surface area contributed by atoms with Crippen molar-refractivity contribution in [3.8, 4) is 0 Å². The predicted molar refractivity (Wildman–Crippen MR) is 168 cm³/mol. The molecule has 5 heteroatoms. The van der Waals surface area contributed by atoms with Crippen LogP contribution in [0.4, 0.5) is 0 Å². The zero-order valence-corrected chi connectivity index (χ0v) is 25.2. The Balaban J connectivity index is 1.36. The third-order valence-corrected chi connectivity index (χ3v) is 9.36. The standard InChI is InChI=1S/C35H54N4O/c1-29(36-2)35(40)37-34(32-20-10-5-11-21-32)28-39-25-14-22-33(39)27-38(26-23-31-17-8-4-9-18-31)24-13-12-19-30-15-6-3-7-16-30/h3-4,6-9,15-18,29,32-34,36H,5,10-14,19-28H2,1-2H3,(H,37,40)/t29-,33-,34+/m0/s1. The summed E-state index contributed by atoms with van der Waals surface area (Å²) in [6, 6.07) is 22.6. The summed E-state index contributed by atoms with van der Waals surface area (Å²) in [7, 11) is 1.88. The van der Waals surface area contributed by atoms with Crippen LogP contribution in [-0.2, 0) is 17.6 Å². The molecule has 40 heavy (non-hydrogen) atoms. The Morgan fingerprint density at radius 3 is 2.23 bits per heavy atom. The first-order valence-corrected chi connectivity index (χ1v) is 16.1. The molecule has 0 radical (unpaired) electrons. The van der Waals surface area contributed by atoms with E-state index in [0.29, 0.717) is 12.0 Å². The topological polar surface area (TPSA) is 47.6 Å². The van der Waals surface area contributed by atoms with Crippen molar-refractivity contribution >= 4 is 5.91 Å². The van der Waals surface area contributed by atoms with Crippen molar-refractivity contribution in [2.24, 2.45) is 5.92 Å². The van der Waals surface area contributed by atoms with Crippen molar-refractivity contribution in [3.63, 3.8) is 0 Å². The van der Waals surface area contributed by atoms with Gasteiger partial charge in [-0.15, -0.1) is 0 Å². The molecule has 0 unspecified atom stereocenters. The number of nitrogens with zero attached hydrogens (tertiary/aromatic N) is 2. The van der Waals surface area contributed by atoms with Gasteiger partial charge in [0.2, 0.25) is 5.91 Å². The number of benzene rings is 2. The van der Waals surface area contributed by atoms with Crippen LogP contribution in [0.5, 0.6) is 0 Å². The zero-order valence-electron chi connectivity index (χ0n) is 25.2. The average molecular weight is 547 g/mol. The Hall–Kier alpha value is -2.21. The maximum atomic E-state index is 12.9. The first kappa shape index (κ1) is 30.7. The highest BCUT2D eigenvalue weighted by molar-refractivity contribution is 5.81. The third-order valence-electron chi connectivity index (χ3n) is 9.36. The van der Waals surface area contributed by atoms with Crippen molar-refractivity contribution in [3.05, 3.63) is 71.8 Å². The number of aryl methyl sites for hydroxylation is 1. The van der Waals surface area contributed by atoms with Crippen molar-refractivity contribution in [2.75, 3.05) is 39.8 Å². The van der Waals surface area contributed by atoms with E-state index in [-0.39, 0.29) is 18.0 Å². The molecule has 0 spiro atoms. The van der Waals surface area contributed by atoms with Gasteiger partial charge >= 0.3 is 0 Å². The molecule has 220 valence electrons. The predicted octanol–water partition coefficient (Wildman–Crippen LogP) is 5.69. The normalized spacial score (nSPS) is 20.0. The van der Waals surface area contributed by atoms with Gasteiger partial charge in [0, 0.05) is 31.7 Å². The van der Waals surface area contributed by atoms with Gasteiger partial charge in [-0.1, -0.05) is 79.9 Å². The molecule has 1 aliphatic carbocycles. The van der Waals surface area contributed by atoms with Crippen LogP contribution in [0.15, 0.2) is 60.7 Å². The summed E-state index contributed by atoms with van der Waals surface area (Å²) in [4.78, 5) is 18.4. The van der Waals surface area contributed by atoms with Crippen molar-refractivity contribution in [2.45, 2.75) is 95.7 Å². The van der Waals surface area contributed by atoms with Crippen LogP contribution in [0.3, 0.4) is 0 Å². The van der Waals surface area contributed by atoms with Crippen LogP contribution in [0.1, 0.15) is 75.8 Å². The summed E-state index contributed by atoms with van der Waals surface area (Å²) >= 11 is 0. The van der Waals surface area contributed by atoms with Gasteiger partial charge in [-0.25, -0.2) is 0 Å². The van der Waals surface area contributed by atoms with Crippen LogP contribution in [0, 0.1) is 5.92 Å². The van der Waals surface area contributed by atoms with Crippen LogP contribution in [0.2, 0.25) is 0 Å². The number of likely N-dealkylation sites (N-methyl/N-ethyl adjacent to an activating group) is 1. The summed E-state index contributed by atoms with van der Waals surface area (Å²) in [5, 5.41) is 6.62. The lowest BCUT2D eigenvalue weighted by Gasteiger charge is -2.37. The number of hydrogen-bond acceptors (Lipinski definition) is 4. The molecule has 1 saturated heterocycles. The first-order chi connectivity index (χ1) is 19.6. The SMILES string of the molecule is CN[C@@H](C)C(=O)N[C@H](CN1CCC[C@H]1CN(CCCCc1ccccc1)CCc1ccccc1)C1CCCCC1. The average Bonchev–Trinajstić information content (AvgIpc) is 3.44. The molecular weight excluding hydrogens is 492 g/mol. The summed E-state index contributed by atoms with van der Waals surface area (Å²) in [6.07, 6.45) is 13.7. The summed E-state index contributed by atoms with van der Waals surface area (Å²) in [5.41, 5.74) is 2.88. The molecule has 2 aromatic carbocycles. The molecule has 0 aromatic heterocycles. The fraction of sp³-hybridized carbons (Fsp3) is 0.629. The lowest BCUT2D eigenvalue weighted by atomic mass is 9.83. The summed E-state index contributed by atoms with van der Waals surface area (Å²) in [5.74, 6) is 0.756. The largest absolute Gasteiger partial charge is 0.350 e. The van der Waals surface area contributed by atoms with Gasteiger partial charge in [0.1, 0.15) is 0 Å². The second-order valence-corrected chi connectivity index (χ2v) is 12.3. The minimum absolute atomic E-state index is 0.148. The minimum atomic E-state index is -0.148. The van der Waals surface area contributed by atoms with Gasteiger partial charge < -0.3 is 15.5 Å². The Labute approximate surface area is 244 Å². The molecule has 5 nitrogen and oxygen atoms in total. The number of nitrogens with one attached hydrogen (secondary N) is 2. The maximum Gasteiger partial charge on any atom is 0.237 e. The molecule has 1 heterocycles. The molecule has 4 rings (SSSR count). The van der Waals surface area contributed by atoms with E-state index in [0.717, 1.165) is 45.6 Å². The Kier molecular flexibility index (Phi) is 13.0. The summed E-state index contributed by atoms with van der Waals surface area (Å²) in [6.45, 7) is 7.53. The van der Waals surface area contributed by atoms with Crippen molar-refractivity contribution in [1.29, 1.82) is 0 Å². The monoisotopic (exact) mass is 546 g/mol. The summed E-state index contributed by atoms with van der Waals surface area (Å²) < 4.78 is 0. The first-order valence-electron chi connectivity index (χ1n) is 16.1. The van der Waals surface area contributed by atoms with Gasteiger partial charge in [0.15, 0.2) is 0 Å². The van der Waals surface area contributed by atoms with E-state index in [1.807, 2.05) is 14.0 Å². The molecule has 2 N–H and O–H groups in total. The molecule has 1 saturated carbocycles. The van der Waals surface area contributed by atoms with Gasteiger partial charge in [0.05, 0.1) is 6.04 Å². The van der Waals surface area contributed by atoms with Gasteiger partial charge in [-0.3, -0.25) is 9.69 Å². The molecule has 2 fully saturated rings. The number of amides is 1. The smallest absolute Gasteiger partial charge is 0.237 e. The Morgan fingerprint density at radius 1 is 0.875 bits per heavy atom. The van der Waals surface area contributed by atoms with E-state index in [4.69, 9.17) is 0 Å². The second kappa shape index (κ2) is 16.9. The van der Waals surface area contributed by atoms with E-state index in [1.54, 1.807) is 0 Å². The Morgan fingerprint density at radius 2 is 1.55 bits per heavy atom. The lowest BCUT2D eigenvalue weighted by molar-refractivity contribution is -0.124. The number of carbonyl (C=O) groups is 1. The van der Waals surface area contributed by atoms with Crippen molar-refractivity contribution < 1.29 is 4.79 Å². The molecule has 2 aromatic rings. The number of unbranched alkanes of at least 4 members (excludes halogenated alkanes) is 1. The molecule has 0 bridgehead atoms. The second-order valence-electron chi connectivity index (χ2n) is 12.3. The molecule has 1 amide bonds. The molecule has 2 aliphatic rings. The highest BCUT2D eigenvalue weighted by Crippen LogP contribution is 2.29. The van der Waals surface area contributed by atoms with Crippen molar-refractivity contribution in [1.82, 2.24) is 20.4 Å². The quantitative estimate of drug-likeness (QED) is 0.266. The van der Waals surface area contributed by atoms with Crippen LogP contribution in [-0.4, -0.2) is 73.6 Å². The fourth-order valence-corrected chi connectivity index (χ4v) is 6.72. The van der Waals surface area contributed by atoms with E-state index in [1.165, 1.54) is 68.9 Å². The van der Waals surface area contributed by atoms with Crippen LogP contribution in [0.25, 0.3) is 0 Å². The maximum absolute atomic E-state index is 12.9. The highest BCUT2D eigenvalue weighted by atomic mass is 16.2. The van der Waals surface area contributed by atoms with E-state index in [2.05, 4.69) is 81.1 Å². The fourth-order valence-electron chi connectivity index (χ4n) is 6.72. The number of carbonyl (C=O) groups excluding carboxylic acids is 1. The number of likely N-dealkylation sites (tertiary alicyclic amines) is 1. The van der Waals surface area contributed by atoms with E-state index in [9.17, 15) is 4.79 Å². The van der Waals surface area contributed by atoms with Crippen LogP contribution >= 0.6 is 0 Å². The van der Waals surface area contributed by atoms with Crippen LogP contribution < -0.4 is 10.6 Å². The zero-order chi connectivity index (χ0) is 28.0. The van der Waals surface area contributed by atoms with Gasteiger partial charge in [-0.2, -0.15) is 0 Å². The molecule has 1 aliphatic heterocycles. The number of rotatable bonds is 16. The van der Waals surface area contributed by atoms with Gasteiger partial charge in [-0.05, 0) is 95.5 Å². The lowest BCUT2D eigenvalue weighted by Crippen LogP contribution is -2.54. The third kappa shape index (κ3) is 10.0. The molecular formula is C35H54N4O.